The van der Waals surface area contributed by atoms with Gasteiger partial charge < -0.3 is 0 Å². The molecule has 0 bridgehead atoms. The second-order valence-corrected chi connectivity index (χ2v) is 2.02. The van der Waals surface area contributed by atoms with Gasteiger partial charge in [-0.2, -0.15) is 0 Å². The first-order valence-corrected chi connectivity index (χ1v) is 2.70. The van der Waals surface area contributed by atoms with E-state index in [1.807, 2.05) is 6.08 Å². The van der Waals surface area contributed by atoms with Crippen LogP contribution in [0.1, 0.15) is 6.42 Å². The Balaban J connectivity index is 2.30. The van der Waals surface area contributed by atoms with Crippen molar-refractivity contribution in [3.8, 4) is 0 Å². The minimum Gasteiger partial charge on any atom is -0.216 e. The van der Waals surface area contributed by atoms with Crippen LogP contribution >= 0.6 is 0 Å². The van der Waals surface area contributed by atoms with Crippen molar-refractivity contribution in [3.05, 3.63) is 12.7 Å². The molecule has 1 saturated carbocycles. The van der Waals surface area contributed by atoms with Crippen LogP contribution < -0.4 is 0 Å². The van der Waals surface area contributed by atoms with E-state index < -0.39 is 0 Å². The maximum Gasteiger partial charge on any atom is 0.0700 e. The normalized spacial score (nSPS) is 37.1. The average Bonchev–Trinajstić information content (AvgIpc) is 2.43. The molecule has 0 saturated heterocycles. The van der Waals surface area contributed by atoms with Crippen LogP contribution in [-0.2, 0) is 12.4 Å². The molecule has 0 spiro atoms. The predicted octanol–water partition coefficient (Wildman–Crippen LogP) is 1.29. The van der Waals surface area contributed by atoms with Crippen molar-refractivity contribution in [2.45, 2.75) is 12.5 Å². The summed E-state index contributed by atoms with van der Waals surface area (Å²) in [6.45, 7) is 3.61. The van der Waals surface area contributed by atoms with Crippen LogP contribution in [0.4, 0.5) is 0 Å². The lowest BCUT2D eigenvalue weighted by Gasteiger charge is -1.74. The van der Waals surface area contributed by atoms with E-state index in [-0.39, 0.29) is 0 Å². The largest absolute Gasteiger partial charge is 0.216 e. The summed E-state index contributed by atoms with van der Waals surface area (Å²) in [6, 6.07) is 0.437. The van der Waals surface area contributed by atoms with Crippen molar-refractivity contribution in [2.75, 3.05) is 0 Å². The zero-order valence-corrected chi connectivity index (χ0v) is 4.82. The van der Waals surface area contributed by atoms with Gasteiger partial charge in [-0.25, -0.2) is 4.36 Å². The lowest BCUT2D eigenvalue weighted by Crippen LogP contribution is -1.73. The zero-order valence-electron chi connectivity index (χ0n) is 4.00. The van der Waals surface area contributed by atoms with Crippen LogP contribution in [0.5, 0.6) is 0 Å². The molecule has 7 heavy (non-hydrogen) atoms. The summed E-state index contributed by atoms with van der Waals surface area (Å²) in [4.78, 5) is 0. The fraction of sp³-hybridized carbons (Fsp3) is 0.600. The smallest absolute Gasteiger partial charge is 0.0700 e. The van der Waals surface area contributed by atoms with Gasteiger partial charge in [-0.05, 0) is 6.42 Å². The van der Waals surface area contributed by atoms with Gasteiger partial charge in [-0.3, -0.25) is 0 Å². The van der Waals surface area contributed by atoms with Crippen LogP contribution in [0.15, 0.2) is 17.0 Å². The number of rotatable bonds is 2. The van der Waals surface area contributed by atoms with Gasteiger partial charge in [0.15, 0.2) is 0 Å². The summed E-state index contributed by atoms with van der Waals surface area (Å²) in [5, 5.41) is 0. The van der Waals surface area contributed by atoms with E-state index >= 15 is 0 Å². The highest BCUT2D eigenvalue weighted by Crippen LogP contribution is 2.33. The minimum absolute atomic E-state index is 0.437. The molecule has 2 heteroatoms. The van der Waals surface area contributed by atoms with Gasteiger partial charge in [-0.15, -0.1) is 6.58 Å². The Morgan fingerprint density at radius 2 is 2.57 bits per heavy atom. The highest BCUT2D eigenvalue weighted by molar-refractivity contribution is 7.47. The standard InChI is InChI=1S/C5H7NS/c1-2-4-3-5(4)6-7/h2,4-5H,1,3H2/t4-,5-/m0/s1. The van der Waals surface area contributed by atoms with Gasteiger partial charge in [0.05, 0.1) is 6.04 Å². The quantitative estimate of drug-likeness (QED) is 0.491. The predicted molar refractivity (Wildman–Crippen MR) is 31.9 cm³/mol. The summed E-state index contributed by atoms with van der Waals surface area (Å²) < 4.78 is 3.66. The van der Waals surface area contributed by atoms with Crippen LogP contribution in [0.25, 0.3) is 0 Å². The fourth-order valence-corrected chi connectivity index (χ4v) is 0.817. The summed E-state index contributed by atoms with van der Waals surface area (Å²) in [6.07, 6.45) is 3.05. The summed E-state index contributed by atoms with van der Waals surface area (Å²) in [5.41, 5.74) is 0. The molecule has 1 aliphatic rings. The second-order valence-electron chi connectivity index (χ2n) is 1.81. The van der Waals surface area contributed by atoms with E-state index in [0.29, 0.717) is 12.0 Å². The van der Waals surface area contributed by atoms with Crippen molar-refractivity contribution in [3.63, 3.8) is 0 Å². The Morgan fingerprint density at radius 3 is 2.71 bits per heavy atom. The molecule has 2 atom stereocenters. The molecule has 0 N–H and O–H groups in total. The molecular formula is C5H7NS. The summed E-state index contributed by atoms with van der Waals surface area (Å²) in [7, 11) is 0. The van der Waals surface area contributed by atoms with E-state index in [2.05, 4.69) is 23.4 Å². The van der Waals surface area contributed by atoms with E-state index in [9.17, 15) is 0 Å². The molecule has 0 aromatic heterocycles. The van der Waals surface area contributed by atoms with Crippen molar-refractivity contribution < 1.29 is 0 Å². The zero-order chi connectivity index (χ0) is 5.28. The lowest BCUT2D eigenvalue weighted by molar-refractivity contribution is 0.997. The molecule has 0 aromatic rings. The monoisotopic (exact) mass is 113 g/mol. The van der Waals surface area contributed by atoms with Crippen LogP contribution in [0.2, 0.25) is 0 Å². The fourth-order valence-electron chi connectivity index (χ4n) is 0.575. The lowest BCUT2D eigenvalue weighted by atomic mass is 10.4. The first-order valence-electron chi connectivity index (χ1n) is 2.33. The molecule has 38 valence electrons. The molecule has 1 aliphatic carbocycles. The molecular weight excluding hydrogens is 106 g/mol. The van der Waals surface area contributed by atoms with Gasteiger partial charge in [0, 0.05) is 18.3 Å². The maximum absolute atomic E-state index is 4.46. The number of nitrogens with zero attached hydrogens (tertiary/aromatic N) is 1. The Bertz CT molecular complexity index is 88.3. The number of hydrogen-bond donors (Lipinski definition) is 0. The molecule has 1 nitrogen and oxygen atoms in total. The van der Waals surface area contributed by atoms with Gasteiger partial charge >= 0.3 is 0 Å². The molecule has 1 rings (SSSR count). The maximum atomic E-state index is 4.46. The van der Waals surface area contributed by atoms with E-state index in [0.717, 1.165) is 6.42 Å². The highest BCUT2D eigenvalue weighted by atomic mass is 32.1. The first kappa shape index (κ1) is 4.91. The van der Waals surface area contributed by atoms with E-state index in [1.165, 1.54) is 0 Å². The van der Waals surface area contributed by atoms with Crippen LogP contribution in [-0.4, -0.2) is 6.04 Å². The SMILES string of the molecule is C=C[C@H]1C[C@@H]1N=S. The summed E-state index contributed by atoms with van der Waals surface area (Å²) in [5.74, 6) is 0.609. The highest BCUT2D eigenvalue weighted by Gasteiger charge is 2.33. The summed E-state index contributed by atoms with van der Waals surface area (Å²) >= 11 is 4.46. The minimum atomic E-state index is 0.437. The van der Waals surface area contributed by atoms with Crippen molar-refractivity contribution in [1.82, 2.24) is 0 Å². The van der Waals surface area contributed by atoms with Crippen molar-refractivity contribution >= 4 is 12.4 Å². The third kappa shape index (κ3) is 0.855. The topological polar surface area (TPSA) is 12.4 Å². The van der Waals surface area contributed by atoms with Crippen LogP contribution in [0.3, 0.4) is 0 Å². The molecule has 1 fully saturated rings. The molecule has 0 aromatic carbocycles. The van der Waals surface area contributed by atoms with E-state index in [4.69, 9.17) is 0 Å². The van der Waals surface area contributed by atoms with Gasteiger partial charge in [-0.1, -0.05) is 6.08 Å². The number of hydrogen-bond acceptors (Lipinski definition) is 2. The first-order chi connectivity index (χ1) is 3.38. The third-order valence-corrected chi connectivity index (χ3v) is 1.51. The third-order valence-electron chi connectivity index (χ3n) is 1.24. The molecule has 0 radical (unpaired) electrons. The molecule has 0 heterocycles. The Labute approximate surface area is 48.6 Å². The van der Waals surface area contributed by atoms with Gasteiger partial charge in [0.25, 0.3) is 0 Å². The second kappa shape index (κ2) is 1.70. The van der Waals surface area contributed by atoms with Gasteiger partial charge in [0.1, 0.15) is 0 Å². The van der Waals surface area contributed by atoms with Crippen LogP contribution in [0, 0.1) is 5.92 Å². The molecule has 0 amide bonds. The van der Waals surface area contributed by atoms with E-state index in [1.54, 1.807) is 0 Å². The Hall–Kier alpha value is -0.240. The molecule has 0 unspecified atom stereocenters. The van der Waals surface area contributed by atoms with Crippen molar-refractivity contribution in [2.24, 2.45) is 10.3 Å². The molecule has 0 aliphatic heterocycles. The van der Waals surface area contributed by atoms with Crippen molar-refractivity contribution in [1.29, 1.82) is 0 Å². The average molecular weight is 113 g/mol. The Kier molecular flexibility index (Phi) is 1.19. The van der Waals surface area contributed by atoms with Gasteiger partial charge in [0.2, 0.25) is 0 Å². The Morgan fingerprint density at radius 1 is 1.86 bits per heavy atom.